The summed E-state index contributed by atoms with van der Waals surface area (Å²) < 4.78 is 62.2. The molecule has 10 heteroatoms. The van der Waals surface area contributed by atoms with Crippen molar-refractivity contribution in [3.63, 3.8) is 0 Å². The number of ether oxygens (including phenoxy) is 2. The van der Waals surface area contributed by atoms with Crippen molar-refractivity contribution in [2.75, 3.05) is 0 Å². The van der Waals surface area contributed by atoms with Crippen LogP contribution in [-0.4, -0.2) is 58.5 Å². The monoisotopic (exact) mass is 1070 g/mol. The molecule has 0 saturated heterocycles. The van der Waals surface area contributed by atoms with Crippen molar-refractivity contribution in [3.05, 3.63) is 27.0 Å². The molecule has 375 valence electrons. The molecule has 5 nitrogen and oxygen atoms in total. The molecular formula is C51H113BF2NO4SW. The number of sulfonamides is 1. The second kappa shape index (κ2) is 49.6. The Morgan fingerprint density at radius 1 is 0.623 bits per heavy atom. The fourth-order valence-corrected chi connectivity index (χ4v) is 5.00. The normalized spacial score (nSPS) is 15.6. The zero-order valence-corrected chi connectivity index (χ0v) is 49.9. The second-order valence-electron chi connectivity index (χ2n) is 19.7. The number of halogens is 2. The van der Waals surface area contributed by atoms with Gasteiger partial charge >= 0.3 is 21.1 Å². The van der Waals surface area contributed by atoms with E-state index in [1.54, 1.807) is 6.08 Å². The maximum absolute atomic E-state index is 12.9. The number of allylic oxidation sites excluding steroid dienone is 2. The largest absolute Gasteiger partial charge is 2.00 e. The maximum Gasteiger partial charge on any atom is 2.00 e. The van der Waals surface area contributed by atoms with Crippen LogP contribution in [0.25, 0.3) is 0 Å². The summed E-state index contributed by atoms with van der Waals surface area (Å²) in [4.78, 5) is 0. The molecule has 0 unspecified atom stereocenters. The molecule has 0 aromatic carbocycles. The van der Waals surface area contributed by atoms with Gasteiger partial charge in [0.15, 0.2) is 0 Å². The first kappa shape index (κ1) is 84.6. The third-order valence-corrected chi connectivity index (χ3v) is 9.96. The Balaban J connectivity index is -0.0000000634. The fourth-order valence-electron chi connectivity index (χ4n) is 3.40. The molecule has 2 aliphatic rings. The third kappa shape index (κ3) is 77.8. The minimum absolute atomic E-state index is 0. The van der Waals surface area contributed by atoms with Gasteiger partial charge in [-0.1, -0.05) is 157 Å². The van der Waals surface area contributed by atoms with Crippen molar-refractivity contribution in [2.24, 2.45) is 35.0 Å². The van der Waals surface area contributed by atoms with Crippen LogP contribution in [0.15, 0.2) is 12.2 Å². The molecule has 1 N–H and O–H groups in total. The first-order valence-corrected chi connectivity index (χ1v) is 24.7. The van der Waals surface area contributed by atoms with E-state index in [1.807, 2.05) is 41.5 Å². The van der Waals surface area contributed by atoms with Gasteiger partial charge in [0.1, 0.15) is 0 Å². The quantitative estimate of drug-likeness (QED) is 0.107. The van der Waals surface area contributed by atoms with Crippen LogP contribution in [0.5, 0.6) is 0 Å². The molecule has 61 heavy (non-hydrogen) atoms. The summed E-state index contributed by atoms with van der Waals surface area (Å²) in [7, 11) is -2.94. The Labute approximate surface area is 403 Å². The van der Waals surface area contributed by atoms with E-state index >= 15 is 0 Å². The standard InChI is InChI=1S/C11H22O2.C10H18F2.C6H13NO2S.4C5H12.C2H6.2CH3.B.W/c1-8(2)12-10-6-5-7-11(10)13-9(3)4;1-8(2)6-5-7-10(11,12)9(3)4;1-5(2)7-10(8,9)6-3-4-6;1-5(2,3)4;3*1-4-5(2)3;1-2;;;;/h8-11H,5-7H2,1-4H3;5,7-9H,6H2,1-4H3;5-7H,3-4H2,1-2H3;1-4H3;3*5H,4H2,1-3H3;1-2H3;2*1H3;;/q;;;;;;;;2*-1;;+2/b;7-5+;;;;;;;;;;/t10-,11-;;;;;;;;;;;/m1.........../s1. The average molecular weight is 1070 g/mol. The topological polar surface area (TPSA) is 64.6 Å². The fraction of sp³-hybridized carbons (Fsp3) is 0.922. The Bertz CT molecular complexity index is 923. The predicted molar refractivity (Wildman–Crippen MR) is 273 cm³/mol. The molecule has 2 atom stereocenters. The van der Waals surface area contributed by atoms with Gasteiger partial charge in [0.2, 0.25) is 10.0 Å². The summed E-state index contributed by atoms with van der Waals surface area (Å²) in [6, 6.07) is 0.0330. The molecule has 0 amide bonds. The van der Waals surface area contributed by atoms with Crippen LogP contribution in [0, 0.1) is 49.9 Å². The van der Waals surface area contributed by atoms with Crippen LogP contribution in [0.3, 0.4) is 0 Å². The minimum atomic E-state index is -2.94. The van der Waals surface area contributed by atoms with E-state index < -0.39 is 21.9 Å². The van der Waals surface area contributed by atoms with Crippen molar-refractivity contribution in [3.8, 4) is 0 Å². The Hall–Kier alpha value is 0.183. The molecule has 0 aliphatic heterocycles. The van der Waals surface area contributed by atoms with E-state index in [0.717, 1.165) is 55.9 Å². The van der Waals surface area contributed by atoms with Crippen molar-refractivity contribution < 1.29 is 47.7 Å². The van der Waals surface area contributed by atoms with E-state index in [9.17, 15) is 17.2 Å². The minimum Gasteiger partial charge on any atom is -0.373 e. The molecule has 3 radical (unpaired) electrons. The molecule has 0 heterocycles. The Kier molecular flexibility index (Phi) is 68.8. The second-order valence-corrected chi connectivity index (χ2v) is 21.7. The summed E-state index contributed by atoms with van der Waals surface area (Å²) in [6.07, 6.45) is 13.8. The molecule has 0 aromatic heterocycles. The summed E-state index contributed by atoms with van der Waals surface area (Å²) >= 11 is 0. The molecule has 0 bridgehead atoms. The summed E-state index contributed by atoms with van der Waals surface area (Å²) in [5, 5.41) is -0.0881. The molecule has 2 fully saturated rings. The van der Waals surface area contributed by atoms with Crippen molar-refractivity contribution in [1.82, 2.24) is 4.72 Å². The van der Waals surface area contributed by atoms with E-state index in [0.29, 0.717) is 35.7 Å². The first-order chi connectivity index (χ1) is 25.8. The van der Waals surface area contributed by atoms with Gasteiger partial charge in [-0.3, -0.25) is 0 Å². The van der Waals surface area contributed by atoms with Crippen LogP contribution >= 0.6 is 0 Å². The number of alkyl halides is 2. The molecular weight excluding hydrogens is 955 g/mol. The number of rotatable bonds is 14. The van der Waals surface area contributed by atoms with Crippen LogP contribution in [0.4, 0.5) is 8.78 Å². The number of hydrogen-bond donors (Lipinski definition) is 1. The zero-order valence-electron chi connectivity index (χ0n) is 46.2. The molecule has 2 rings (SSSR count). The van der Waals surface area contributed by atoms with Gasteiger partial charge in [-0.15, -0.1) is 0 Å². The molecule has 0 spiro atoms. The number of nitrogens with one attached hydrogen (secondary N) is 1. The SMILES string of the molecule is CC.CC(C)(C)C.CC(C)C/C=C/C(F)(F)C(C)C.CC(C)NS(=O)(=O)C1CC1.CC(C)O[C@@H]1CCC[C@H]1OC(C)C.CCC(C)C.CCC(C)C.CCC(C)C.[B].[CH3-].[CH3-].[W+2]. The van der Waals surface area contributed by atoms with Gasteiger partial charge in [0, 0.05) is 20.4 Å². The summed E-state index contributed by atoms with van der Waals surface area (Å²) in [5.74, 6) is -0.153. The van der Waals surface area contributed by atoms with Crippen LogP contribution in [-0.2, 0) is 40.6 Å². The zero-order chi connectivity index (χ0) is 46.8. The Morgan fingerprint density at radius 2 is 0.902 bits per heavy atom. The third-order valence-electron chi connectivity index (χ3n) is 7.82. The van der Waals surface area contributed by atoms with Crippen LogP contribution in [0.2, 0.25) is 0 Å². The van der Waals surface area contributed by atoms with Crippen molar-refractivity contribution in [2.45, 2.75) is 273 Å². The number of hydrogen-bond acceptors (Lipinski definition) is 4. The van der Waals surface area contributed by atoms with Crippen molar-refractivity contribution in [1.29, 1.82) is 0 Å². The van der Waals surface area contributed by atoms with Crippen molar-refractivity contribution >= 4 is 18.4 Å². The maximum atomic E-state index is 12.9. The summed E-state index contributed by atoms with van der Waals surface area (Å²) in [6.45, 7) is 51.8. The van der Waals surface area contributed by atoms with E-state index in [1.165, 1.54) is 39.5 Å². The van der Waals surface area contributed by atoms with Gasteiger partial charge < -0.3 is 24.3 Å². The summed E-state index contributed by atoms with van der Waals surface area (Å²) in [5.41, 5.74) is 0.500. The predicted octanol–water partition coefficient (Wildman–Crippen LogP) is 16.9. The van der Waals surface area contributed by atoms with Gasteiger partial charge in [0.05, 0.1) is 29.7 Å². The van der Waals surface area contributed by atoms with E-state index in [4.69, 9.17) is 9.47 Å². The molecule has 0 aromatic rings. The van der Waals surface area contributed by atoms with Gasteiger partial charge in [-0.2, -0.15) is 0 Å². The molecule has 2 aliphatic carbocycles. The smallest absolute Gasteiger partial charge is 0.373 e. The Morgan fingerprint density at radius 3 is 1.08 bits per heavy atom. The van der Waals surface area contributed by atoms with Gasteiger partial charge in [-0.05, 0) is 115 Å². The first-order valence-electron chi connectivity index (χ1n) is 23.2. The van der Waals surface area contributed by atoms with E-state index in [2.05, 4.69) is 122 Å². The van der Waals surface area contributed by atoms with Gasteiger partial charge in [-0.25, -0.2) is 21.9 Å². The molecule has 2 saturated carbocycles. The van der Waals surface area contributed by atoms with Crippen LogP contribution in [0.1, 0.15) is 231 Å². The van der Waals surface area contributed by atoms with Gasteiger partial charge in [0.25, 0.3) is 5.92 Å². The van der Waals surface area contributed by atoms with E-state index in [-0.39, 0.29) is 55.6 Å². The average Bonchev–Trinajstić information content (AvgIpc) is 3.84. The van der Waals surface area contributed by atoms with Crippen LogP contribution < -0.4 is 4.72 Å².